The van der Waals surface area contributed by atoms with E-state index in [9.17, 15) is 18.8 Å². The number of anilines is 1. The van der Waals surface area contributed by atoms with Gasteiger partial charge in [-0.3, -0.25) is 9.59 Å². The summed E-state index contributed by atoms with van der Waals surface area (Å²) in [6.45, 7) is 3.43. The number of halogens is 2. The molecule has 0 aliphatic carbocycles. The van der Waals surface area contributed by atoms with Crippen molar-refractivity contribution in [3.8, 4) is 0 Å². The first-order chi connectivity index (χ1) is 11.9. The molecule has 1 aliphatic heterocycles. The molecular weight excluding hydrogens is 353 g/mol. The summed E-state index contributed by atoms with van der Waals surface area (Å²) in [5.74, 6) is -1.44. The number of nitrogens with zero attached hydrogens (tertiary/aromatic N) is 2. The monoisotopic (exact) mass is 371 g/mol. The van der Waals surface area contributed by atoms with Crippen LogP contribution in [-0.4, -0.2) is 60.5 Å². The fourth-order valence-corrected chi connectivity index (χ4v) is 2.56. The third kappa shape index (κ3) is 5.32. The quantitative estimate of drug-likeness (QED) is 0.822. The molecule has 1 aliphatic rings. The average Bonchev–Trinajstić information content (AvgIpc) is 2.58. The second-order valence-electron chi connectivity index (χ2n) is 5.42. The zero-order valence-corrected chi connectivity index (χ0v) is 14.5. The Morgan fingerprint density at radius 2 is 1.84 bits per heavy atom. The molecule has 0 bridgehead atoms. The number of rotatable bonds is 4. The van der Waals surface area contributed by atoms with E-state index in [4.69, 9.17) is 16.3 Å². The maximum absolute atomic E-state index is 13.1. The van der Waals surface area contributed by atoms with E-state index in [-0.39, 0.29) is 17.4 Å². The molecule has 1 aromatic carbocycles. The zero-order valence-electron chi connectivity index (χ0n) is 13.8. The van der Waals surface area contributed by atoms with E-state index in [1.807, 2.05) is 0 Å². The lowest BCUT2D eigenvalue weighted by Crippen LogP contribution is -2.51. The molecule has 136 valence electrons. The maximum atomic E-state index is 13.1. The van der Waals surface area contributed by atoms with Crippen molar-refractivity contribution in [1.29, 1.82) is 0 Å². The van der Waals surface area contributed by atoms with Crippen molar-refractivity contribution in [3.05, 3.63) is 29.0 Å². The summed E-state index contributed by atoms with van der Waals surface area (Å²) in [5, 5.41) is 2.39. The molecule has 1 saturated heterocycles. The summed E-state index contributed by atoms with van der Waals surface area (Å²) in [4.78, 5) is 38.8. The molecule has 0 atom stereocenters. The molecular formula is C16H19ClFN3O4. The van der Waals surface area contributed by atoms with Gasteiger partial charge in [-0.2, -0.15) is 0 Å². The highest BCUT2D eigenvalue weighted by Crippen LogP contribution is 2.19. The zero-order chi connectivity index (χ0) is 18.4. The van der Waals surface area contributed by atoms with Crippen LogP contribution in [0.15, 0.2) is 18.2 Å². The third-order valence-electron chi connectivity index (χ3n) is 3.67. The Balaban J connectivity index is 1.81. The van der Waals surface area contributed by atoms with Crippen molar-refractivity contribution in [2.45, 2.75) is 13.3 Å². The van der Waals surface area contributed by atoms with Gasteiger partial charge in [0, 0.05) is 31.9 Å². The van der Waals surface area contributed by atoms with Gasteiger partial charge in [-0.25, -0.2) is 9.18 Å². The molecule has 25 heavy (non-hydrogen) atoms. The molecule has 0 aromatic heterocycles. The van der Waals surface area contributed by atoms with Crippen LogP contribution in [0.2, 0.25) is 5.02 Å². The van der Waals surface area contributed by atoms with Gasteiger partial charge in [0.2, 0.25) is 11.8 Å². The molecule has 1 aromatic rings. The minimum atomic E-state index is -0.588. The van der Waals surface area contributed by atoms with Crippen LogP contribution in [0.5, 0.6) is 0 Å². The van der Waals surface area contributed by atoms with E-state index in [1.54, 1.807) is 6.92 Å². The topological polar surface area (TPSA) is 79.0 Å². The van der Waals surface area contributed by atoms with Gasteiger partial charge in [-0.05, 0) is 25.1 Å². The number of hydrogen-bond donors (Lipinski definition) is 1. The highest BCUT2D eigenvalue weighted by atomic mass is 35.5. The molecule has 0 saturated carbocycles. The first kappa shape index (κ1) is 19.0. The van der Waals surface area contributed by atoms with E-state index in [1.165, 1.54) is 21.9 Å². The standard InChI is InChI=1S/C16H19ClFN3O4/c1-2-25-16(24)21-7-5-20(6-8-21)15(23)10-14(22)19-11-3-4-13(18)12(17)9-11/h3-4,9H,2,5-8,10H2,1H3,(H,19,22). The summed E-state index contributed by atoms with van der Waals surface area (Å²) in [5.41, 5.74) is 0.316. The third-order valence-corrected chi connectivity index (χ3v) is 3.96. The maximum Gasteiger partial charge on any atom is 0.409 e. The fourth-order valence-electron chi connectivity index (χ4n) is 2.38. The highest BCUT2D eigenvalue weighted by molar-refractivity contribution is 6.31. The number of benzene rings is 1. The average molecular weight is 372 g/mol. The van der Waals surface area contributed by atoms with E-state index in [0.29, 0.717) is 38.5 Å². The van der Waals surface area contributed by atoms with Crippen LogP contribution < -0.4 is 5.32 Å². The SMILES string of the molecule is CCOC(=O)N1CCN(C(=O)CC(=O)Nc2ccc(F)c(Cl)c2)CC1. The number of ether oxygens (including phenoxy) is 1. The Morgan fingerprint density at radius 1 is 1.20 bits per heavy atom. The molecule has 2 rings (SSSR count). The van der Waals surface area contributed by atoms with E-state index >= 15 is 0 Å². The van der Waals surface area contributed by atoms with Gasteiger partial charge in [0.15, 0.2) is 0 Å². The van der Waals surface area contributed by atoms with Gasteiger partial charge in [-0.15, -0.1) is 0 Å². The molecule has 9 heteroatoms. The summed E-state index contributed by atoms with van der Waals surface area (Å²) in [6, 6.07) is 3.77. The minimum absolute atomic E-state index is 0.112. The van der Waals surface area contributed by atoms with E-state index in [2.05, 4.69) is 5.32 Å². The van der Waals surface area contributed by atoms with Gasteiger partial charge in [0.05, 0.1) is 11.6 Å². The van der Waals surface area contributed by atoms with Crippen LogP contribution in [0, 0.1) is 5.82 Å². The van der Waals surface area contributed by atoms with Gasteiger partial charge >= 0.3 is 6.09 Å². The number of piperazine rings is 1. The number of carbonyl (C=O) groups is 3. The van der Waals surface area contributed by atoms with Crippen LogP contribution >= 0.6 is 11.6 Å². The van der Waals surface area contributed by atoms with Crippen molar-refractivity contribution < 1.29 is 23.5 Å². The Bertz CT molecular complexity index is 663. The number of nitrogens with one attached hydrogen (secondary N) is 1. The van der Waals surface area contributed by atoms with Crippen molar-refractivity contribution >= 4 is 35.2 Å². The first-order valence-electron chi connectivity index (χ1n) is 7.85. The predicted octanol–water partition coefficient (Wildman–Crippen LogP) is 2.11. The van der Waals surface area contributed by atoms with Crippen LogP contribution in [0.25, 0.3) is 0 Å². The minimum Gasteiger partial charge on any atom is -0.450 e. The lowest BCUT2D eigenvalue weighted by Gasteiger charge is -2.34. The summed E-state index contributed by atoms with van der Waals surface area (Å²) < 4.78 is 18.0. The van der Waals surface area contributed by atoms with Crippen molar-refractivity contribution in [2.24, 2.45) is 0 Å². The predicted molar refractivity (Wildman–Crippen MR) is 89.8 cm³/mol. The molecule has 7 nitrogen and oxygen atoms in total. The summed E-state index contributed by atoms with van der Waals surface area (Å²) >= 11 is 5.64. The second-order valence-corrected chi connectivity index (χ2v) is 5.83. The lowest BCUT2D eigenvalue weighted by atomic mass is 10.2. The van der Waals surface area contributed by atoms with Gasteiger partial charge in [0.25, 0.3) is 0 Å². The Kier molecular flexibility index (Phi) is 6.58. The smallest absolute Gasteiger partial charge is 0.409 e. The summed E-state index contributed by atoms with van der Waals surface area (Å²) in [7, 11) is 0. The van der Waals surface area contributed by atoms with E-state index < -0.39 is 17.8 Å². The molecule has 0 unspecified atom stereocenters. The fraction of sp³-hybridized carbons (Fsp3) is 0.438. The van der Waals surface area contributed by atoms with Crippen molar-refractivity contribution in [3.63, 3.8) is 0 Å². The van der Waals surface area contributed by atoms with Gasteiger partial charge in [0.1, 0.15) is 12.2 Å². The van der Waals surface area contributed by atoms with Crippen LogP contribution in [0.3, 0.4) is 0 Å². The van der Waals surface area contributed by atoms with Crippen LogP contribution in [-0.2, 0) is 14.3 Å². The normalized spacial score (nSPS) is 14.2. The molecule has 0 spiro atoms. The highest BCUT2D eigenvalue weighted by Gasteiger charge is 2.25. The molecule has 1 fully saturated rings. The van der Waals surface area contributed by atoms with Gasteiger partial charge in [-0.1, -0.05) is 11.6 Å². The summed E-state index contributed by atoms with van der Waals surface area (Å²) in [6.07, 6.45) is -0.741. The molecule has 1 N–H and O–H groups in total. The number of amides is 3. The first-order valence-corrected chi connectivity index (χ1v) is 8.23. The molecule has 1 heterocycles. The van der Waals surface area contributed by atoms with Crippen LogP contribution in [0.1, 0.15) is 13.3 Å². The van der Waals surface area contributed by atoms with E-state index in [0.717, 1.165) is 6.07 Å². The molecule has 3 amide bonds. The van der Waals surface area contributed by atoms with Crippen molar-refractivity contribution in [1.82, 2.24) is 9.80 Å². The second kappa shape index (κ2) is 8.66. The van der Waals surface area contributed by atoms with Crippen LogP contribution in [0.4, 0.5) is 14.9 Å². The van der Waals surface area contributed by atoms with Gasteiger partial charge < -0.3 is 19.9 Å². The number of carbonyl (C=O) groups excluding carboxylic acids is 3. The lowest BCUT2D eigenvalue weighted by molar-refractivity contribution is -0.135. The Hall–Kier alpha value is -2.35. The number of hydrogen-bond acceptors (Lipinski definition) is 4. The largest absolute Gasteiger partial charge is 0.450 e. The Labute approximate surface area is 149 Å². The Morgan fingerprint density at radius 3 is 2.44 bits per heavy atom. The molecule has 0 radical (unpaired) electrons. The van der Waals surface area contributed by atoms with Crippen molar-refractivity contribution in [2.75, 3.05) is 38.1 Å².